The predicted octanol–water partition coefficient (Wildman–Crippen LogP) is 4.98. The summed E-state index contributed by atoms with van der Waals surface area (Å²) in [5, 5.41) is 13.8. The van der Waals surface area contributed by atoms with Crippen molar-refractivity contribution in [1.29, 1.82) is 0 Å². The zero-order valence-corrected chi connectivity index (χ0v) is 22.3. The summed E-state index contributed by atoms with van der Waals surface area (Å²) >= 11 is 0. The molecule has 42 heavy (non-hydrogen) atoms. The molecule has 1 atom stereocenters. The highest BCUT2D eigenvalue weighted by Crippen LogP contribution is 2.37. The molecule has 0 saturated heterocycles. The molecule has 1 heterocycles. The van der Waals surface area contributed by atoms with Crippen molar-refractivity contribution in [3.05, 3.63) is 65.1 Å². The van der Waals surface area contributed by atoms with Crippen LogP contribution >= 0.6 is 0 Å². The van der Waals surface area contributed by atoms with Crippen LogP contribution in [0, 0.1) is 17.6 Å². The Bertz CT molecular complexity index is 1460. The van der Waals surface area contributed by atoms with E-state index in [0.29, 0.717) is 12.0 Å². The third-order valence-corrected chi connectivity index (χ3v) is 6.24. The molecule has 2 aromatic carbocycles. The van der Waals surface area contributed by atoms with E-state index in [9.17, 15) is 31.9 Å². The molecule has 3 aromatic rings. The standard InChI is InChI=1S/C28H27F4N3O7/c1-14(34-22(36)8-9-23(37)38)25-24(26(39)33-12-17-4-6-18(29)11-19(17)30)35-27(42-25)16-5-7-20(41-28(31)32)21(10-16)40-13-15-2-3-15/h4-7,10-11,14-15,28H,2-3,8-9,12-13H2,1H3,(H,33,39)(H,34,36)(H,37,38). The summed E-state index contributed by atoms with van der Waals surface area (Å²) in [6, 6.07) is 5.86. The molecule has 4 rings (SSSR count). The number of ether oxygens (including phenoxy) is 2. The number of carbonyl (C=O) groups excluding carboxylic acids is 2. The summed E-state index contributed by atoms with van der Waals surface area (Å²) in [7, 11) is 0. The number of nitrogens with one attached hydrogen (secondary N) is 2. The van der Waals surface area contributed by atoms with Crippen molar-refractivity contribution in [3.8, 4) is 23.0 Å². The highest BCUT2D eigenvalue weighted by molar-refractivity contribution is 5.94. The van der Waals surface area contributed by atoms with Gasteiger partial charge in [-0.05, 0) is 49.9 Å². The second-order valence-electron chi connectivity index (χ2n) is 9.63. The molecule has 2 amide bonds. The Kier molecular flexibility index (Phi) is 9.65. The predicted molar refractivity (Wildman–Crippen MR) is 138 cm³/mol. The van der Waals surface area contributed by atoms with Crippen LogP contribution in [-0.2, 0) is 16.1 Å². The molecular formula is C28H27F4N3O7. The molecule has 0 bridgehead atoms. The monoisotopic (exact) mass is 593 g/mol. The maximum Gasteiger partial charge on any atom is 0.387 e. The average Bonchev–Trinajstić information content (AvgIpc) is 3.65. The summed E-state index contributed by atoms with van der Waals surface area (Å²) in [6.07, 6.45) is 1.14. The van der Waals surface area contributed by atoms with E-state index in [1.54, 1.807) is 0 Å². The van der Waals surface area contributed by atoms with Gasteiger partial charge in [-0.2, -0.15) is 8.78 Å². The van der Waals surface area contributed by atoms with Crippen molar-refractivity contribution in [2.45, 2.75) is 51.8 Å². The fraction of sp³-hybridized carbons (Fsp3) is 0.357. The molecular weight excluding hydrogens is 566 g/mol. The number of nitrogens with zero attached hydrogens (tertiary/aromatic N) is 1. The third-order valence-electron chi connectivity index (χ3n) is 6.24. The summed E-state index contributed by atoms with van der Waals surface area (Å²) in [4.78, 5) is 40.5. The first-order chi connectivity index (χ1) is 20.0. The van der Waals surface area contributed by atoms with E-state index in [1.165, 1.54) is 25.1 Å². The number of carbonyl (C=O) groups is 3. The van der Waals surface area contributed by atoms with E-state index >= 15 is 0 Å². The van der Waals surface area contributed by atoms with E-state index in [0.717, 1.165) is 25.0 Å². The number of amides is 2. The number of oxazole rings is 1. The lowest BCUT2D eigenvalue weighted by atomic mass is 10.1. The van der Waals surface area contributed by atoms with Crippen molar-refractivity contribution in [2.75, 3.05) is 6.61 Å². The van der Waals surface area contributed by atoms with Crippen LogP contribution in [0.1, 0.15) is 60.5 Å². The van der Waals surface area contributed by atoms with Crippen LogP contribution in [0.15, 0.2) is 40.8 Å². The summed E-state index contributed by atoms with van der Waals surface area (Å²) < 4.78 is 69.3. The van der Waals surface area contributed by atoms with Gasteiger partial charge in [-0.3, -0.25) is 14.4 Å². The van der Waals surface area contributed by atoms with Crippen LogP contribution in [0.2, 0.25) is 0 Å². The van der Waals surface area contributed by atoms with Gasteiger partial charge in [0.25, 0.3) is 5.91 Å². The lowest BCUT2D eigenvalue weighted by molar-refractivity contribution is -0.138. The molecule has 10 nitrogen and oxygen atoms in total. The molecule has 1 aliphatic carbocycles. The number of aliphatic carboxylic acids is 1. The number of halogens is 4. The van der Waals surface area contributed by atoms with Crippen molar-refractivity contribution < 1.29 is 50.9 Å². The Hall–Kier alpha value is -4.62. The first kappa shape index (κ1) is 30.3. The van der Waals surface area contributed by atoms with E-state index < -0.39 is 48.5 Å². The fourth-order valence-electron chi connectivity index (χ4n) is 3.87. The number of carboxylic acids is 1. The van der Waals surface area contributed by atoms with Crippen molar-refractivity contribution >= 4 is 17.8 Å². The Morgan fingerprint density at radius 2 is 1.86 bits per heavy atom. The van der Waals surface area contributed by atoms with E-state index in [4.69, 9.17) is 14.3 Å². The molecule has 0 spiro atoms. The zero-order valence-electron chi connectivity index (χ0n) is 22.3. The van der Waals surface area contributed by atoms with Gasteiger partial charge in [-0.1, -0.05) is 6.07 Å². The number of carboxylic acid groups (broad SMARTS) is 1. The van der Waals surface area contributed by atoms with Crippen molar-refractivity contribution in [2.24, 2.45) is 5.92 Å². The Morgan fingerprint density at radius 3 is 2.52 bits per heavy atom. The van der Waals surface area contributed by atoms with Crippen LogP contribution in [-0.4, -0.2) is 41.1 Å². The minimum Gasteiger partial charge on any atom is -0.489 e. The minimum atomic E-state index is -3.10. The maximum absolute atomic E-state index is 14.1. The molecule has 3 N–H and O–H groups in total. The van der Waals surface area contributed by atoms with Gasteiger partial charge in [0.1, 0.15) is 11.6 Å². The normalized spacial score (nSPS) is 13.5. The summed E-state index contributed by atoms with van der Waals surface area (Å²) in [6.45, 7) is -1.67. The largest absolute Gasteiger partial charge is 0.489 e. The van der Waals surface area contributed by atoms with Gasteiger partial charge in [0.15, 0.2) is 23.0 Å². The number of benzene rings is 2. The number of alkyl halides is 2. The average molecular weight is 594 g/mol. The smallest absolute Gasteiger partial charge is 0.387 e. The van der Waals surface area contributed by atoms with Gasteiger partial charge in [-0.25, -0.2) is 13.8 Å². The van der Waals surface area contributed by atoms with E-state index in [2.05, 4.69) is 20.4 Å². The quantitative estimate of drug-likeness (QED) is 0.222. The van der Waals surface area contributed by atoms with Crippen LogP contribution in [0.4, 0.5) is 17.6 Å². The van der Waals surface area contributed by atoms with Crippen LogP contribution in [0.5, 0.6) is 11.5 Å². The molecule has 0 radical (unpaired) electrons. The van der Waals surface area contributed by atoms with Gasteiger partial charge >= 0.3 is 12.6 Å². The van der Waals surface area contributed by atoms with E-state index in [-0.39, 0.29) is 59.5 Å². The summed E-state index contributed by atoms with van der Waals surface area (Å²) in [5.41, 5.74) is -0.0549. The number of hydrogen-bond donors (Lipinski definition) is 3. The van der Waals surface area contributed by atoms with Gasteiger partial charge in [0.05, 0.1) is 19.1 Å². The van der Waals surface area contributed by atoms with Gasteiger partial charge in [-0.15, -0.1) is 0 Å². The lowest BCUT2D eigenvalue weighted by Gasteiger charge is -2.13. The zero-order chi connectivity index (χ0) is 30.4. The first-order valence-electron chi connectivity index (χ1n) is 13.0. The molecule has 1 aromatic heterocycles. The van der Waals surface area contributed by atoms with Gasteiger partial charge in [0.2, 0.25) is 11.8 Å². The van der Waals surface area contributed by atoms with Crippen molar-refractivity contribution in [3.63, 3.8) is 0 Å². The summed E-state index contributed by atoms with van der Waals surface area (Å²) in [5.74, 6) is -4.44. The van der Waals surface area contributed by atoms with Crippen LogP contribution in [0.3, 0.4) is 0 Å². The van der Waals surface area contributed by atoms with E-state index in [1.807, 2.05) is 0 Å². The Balaban J connectivity index is 1.63. The first-order valence-corrected chi connectivity index (χ1v) is 13.0. The molecule has 224 valence electrons. The molecule has 1 aliphatic rings. The van der Waals surface area contributed by atoms with Gasteiger partial charge < -0.3 is 29.6 Å². The molecule has 1 saturated carbocycles. The van der Waals surface area contributed by atoms with Crippen molar-refractivity contribution in [1.82, 2.24) is 15.6 Å². The lowest BCUT2D eigenvalue weighted by Crippen LogP contribution is -2.30. The fourth-order valence-corrected chi connectivity index (χ4v) is 3.87. The maximum atomic E-state index is 14.1. The molecule has 14 heteroatoms. The minimum absolute atomic E-state index is 0.00267. The molecule has 1 fully saturated rings. The molecule has 1 unspecified atom stereocenters. The second kappa shape index (κ2) is 13.4. The molecule has 0 aliphatic heterocycles. The SMILES string of the molecule is CC(NC(=O)CCC(=O)O)c1oc(-c2ccc(OC(F)F)c(OCC3CC3)c2)nc1C(=O)NCc1ccc(F)cc1F. The number of hydrogen-bond acceptors (Lipinski definition) is 7. The van der Waals surface area contributed by atoms with Crippen LogP contribution < -0.4 is 20.1 Å². The third kappa shape index (κ3) is 8.21. The highest BCUT2D eigenvalue weighted by atomic mass is 19.3. The number of aromatic nitrogens is 1. The Labute approximate surface area is 237 Å². The van der Waals surface area contributed by atoms with Gasteiger partial charge in [0, 0.05) is 30.2 Å². The number of rotatable bonds is 14. The van der Waals surface area contributed by atoms with Crippen LogP contribution in [0.25, 0.3) is 11.5 Å². The topological polar surface area (TPSA) is 140 Å². The highest BCUT2D eigenvalue weighted by Gasteiger charge is 2.28. The Morgan fingerprint density at radius 1 is 1.10 bits per heavy atom. The second-order valence-corrected chi connectivity index (χ2v) is 9.63.